The van der Waals surface area contributed by atoms with Crippen LogP contribution >= 0.6 is 0 Å². The van der Waals surface area contributed by atoms with E-state index in [2.05, 4.69) is 16.9 Å². The molecule has 164 valence electrons. The lowest BCUT2D eigenvalue weighted by Crippen LogP contribution is -2.13. The van der Waals surface area contributed by atoms with E-state index in [1.807, 2.05) is 31.2 Å². The van der Waals surface area contributed by atoms with Crippen LogP contribution in [-0.4, -0.2) is 9.55 Å². The van der Waals surface area contributed by atoms with Crippen molar-refractivity contribution >= 4 is 28.4 Å². The van der Waals surface area contributed by atoms with E-state index in [1.54, 1.807) is 35.8 Å². The standard InChI is InChI=1S/C25H23F3N4/c1-15-5-9-20(10-6-15)30-24-31-22-13-18(17(3)29)8-11-23(22)32(24)14-19-7-4-16(2)12-21(19)25(26,27)28/h4-13H,3,14,29H2,1-2H3,(H,30,31). The van der Waals surface area contributed by atoms with Crippen LogP contribution in [0.1, 0.15) is 27.8 Å². The van der Waals surface area contributed by atoms with Gasteiger partial charge in [-0.25, -0.2) is 4.98 Å². The molecule has 0 fully saturated rings. The number of rotatable bonds is 5. The normalized spacial score (nSPS) is 11.7. The molecule has 0 amide bonds. The van der Waals surface area contributed by atoms with Gasteiger partial charge < -0.3 is 15.6 Å². The summed E-state index contributed by atoms with van der Waals surface area (Å²) in [6.07, 6.45) is -4.45. The fourth-order valence-electron chi connectivity index (χ4n) is 3.61. The second kappa shape index (κ2) is 8.07. The molecule has 0 saturated heterocycles. The summed E-state index contributed by atoms with van der Waals surface area (Å²) in [5.41, 5.74) is 10.2. The van der Waals surface area contributed by atoms with Gasteiger partial charge in [-0.1, -0.05) is 48.0 Å². The van der Waals surface area contributed by atoms with Crippen LogP contribution in [0, 0.1) is 13.8 Å². The van der Waals surface area contributed by atoms with Gasteiger partial charge in [-0.3, -0.25) is 0 Å². The Hall–Kier alpha value is -3.74. The Morgan fingerprint density at radius 3 is 2.34 bits per heavy atom. The van der Waals surface area contributed by atoms with Crippen LogP contribution in [0.25, 0.3) is 16.7 Å². The highest BCUT2D eigenvalue weighted by Gasteiger charge is 2.33. The first kappa shape index (κ1) is 21.5. The van der Waals surface area contributed by atoms with E-state index in [0.29, 0.717) is 28.2 Å². The summed E-state index contributed by atoms with van der Waals surface area (Å²) < 4.78 is 42.9. The number of nitrogens with one attached hydrogen (secondary N) is 1. The van der Waals surface area contributed by atoms with Gasteiger partial charge in [0.25, 0.3) is 0 Å². The monoisotopic (exact) mass is 436 g/mol. The summed E-state index contributed by atoms with van der Waals surface area (Å²) in [7, 11) is 0. The van der Waals surface area contributed by atoms with Gasteiger partial charge >= 0.3 is 6.18 Å². The van der Waals surface area contributed by atoms with E-state index in [4.69, 9.17) is 5.73 Å². The number of halogens is 3. The zero-order valence-electron chi connectivity index (χ0n) is 17.8. The van der Waals surface area contributed by atoms with Crippen molar-refractivity contribution < 1.29 is 13.2 Å². The number of anilines is 2. The maximum atomic E-state index is 13.7. The summed E-state index contributed by atoms with van der Waals surface area (Å²) in [5, 5.41) is 3.24. The Bertz CT molecular complexity index is 1300. The van der Waals surface area contributed by atoms with Crippen molar-refractivity contribution in [3.05, 3.63) is 95.1 Å². The summed E-state index contributed by atoms with van der Waals surface area (Å²) in [4.78, 5) is 4.65. The molecule has 3 N–H and O–H groups in total. The highest BCUT2D eigenvalue weighted by Crippen LogP contribution is 2.34. The lowest BCUT2D eigenvalue weighted by atomic mass is 10.0. The number of fused-ring (bicyclic) bond motifs is 1. The van der Waals surface area contributed by atoms with E-state index in [-0.39, 0.29) is 12.1 Å². The van der Waals surface area contributed by atoms with Gasteiger partial charge in [-0.15, -0.1) is 0 Å². The van der Waals surface area contributed by atoms with E-state index >= 15 is 0 Å². The van der Waals surface area contributed by atoms with Crippen LogP contribution in [0.5, 0.6) is 0 Å². The molecule has 4 rings (SSSR count). The SMILES string of the molecule is C=C(N)c1ccc2c(c1)nc(Nc1ccc(C)cc1)n2Cc1ccc(C)cc1C(F)(F)F. The molecular weight excluding hydrogens is 413 g/mol. The van der Waals surface area contributed by atoms with Crippen LogP contribution in [-0.2, 0) is 12.7 Å². The van der Waals surface area contributed by atoms with Crippen LogP contribution < -0.4 is 11.1 Å². The molecule has 1 aromatic heterocycles. The molecule has 4 aromatic rings. The summed E-state index contributed by atoms with van der Waals surface area (Å²) in [5.74, 6) is 0.442. The number of imidazole rings is 1. The van der Waals surface area contributed by atoms with Crippen LogP contribution in [0.15, 0.2) is 67.2 Å². The lowest BCUT2D eigenvalue weighted by molar-refractivity contribution is -0.138. The van der Waals surface area contributed by atoms with Crippen molar-refractivity contribution in [3.63, 3.8) is 0 Å². The number of alkyl halides is 3. The molecular formula is C25H23F3N4. The van der Waals surface area contributed by atoms with Gasteiger partial charge in [0.05, 0.1) is 23.1 Å². The minimum absolute atomic E-state index is 0.00271. The minimum Gasteiger partial charge on any atom is -0.399 e. The van der Waals surface area contributed by atoms with Crippen molar-refractivity contribution in [2.45, 2.75) is 26.6 Å². The Kier molecular flexibility index (Phi) is 5.42. The van der Waals surface area contributed by atoms with Gasteiger partial charge in [-0.2, -0.15) is 13.2 Å². The molecule has 0 radical (unpaired) electrons. The maximum absolute atomic E-state index is 13.7. The molecule has 0 unspecified atom stereocenters. The third-order valence-electron chi connectivity index (χ3n) is 5.33. The molecule has 4 nitrogen and oxygen atoms in total. The fraction of sp³-hybridized carbons (Fsp3) is 0.160. The first-order valence-corrected chi connectivity index (χ1v) is 10.1. The number of nitrogens with two attached hydrogens (primary N) is 1. The number of aromatic nitrogens is 2. The van der Waals surface area contributed by atoms with E-state index in [1.165, 1.54) is 12.1 Å². The van der Waals surface area contributed by atoms with Crippen molar-refractivity contribution in [1.82, 2.24) is 9.55 Å². The number of hydrogen-bond acceptors (Lipinski definition) is 3. The van der Waals surface area contributed by atoms with Crippen molar-refractivity contribution in [3.8, 4) is 0 Å². The first-order valence-electron chi connectivity index (χ1n) is 10.1. The lowest BCUT2D eigenvalue weighted by Gasteiger charge is -2.16. The van der Waals surface area contributed by atoms with Gasteiger partial charge in [0.1, 0.15) is 0 Å². The van der Waals surface area contributed by atoms with Crippen LogP contribution in [0.3, 0.4) is 0 Å². The van der Waals surface area contributed by atoms with Gasteiger partial charge in [0.2, 0.25) is 5.95 Å². The predicted molar refractivity (Wildman–Crippen MR) is 123 cm³/mol. The molecule has 0 atom stereocenters. The smallest absolute Gasteiger partial charge is 0.399 e. The highest BCUT2D eigenvalue weighted by atomic mass is 19.4. The molecule has 0 saturated carbocycles. The average molecular weight is 436 g/mol. The molecule has 3 aromatic carbocycles. The number of nitrogens with zero attached hydrogens (tertiary/aromatic N) is 2. The maximum Gasteiger partial charge on any atom is 0.416 e. The second-order valence-corrected chi connectivity index (χ2v) is 7.90. The topological polar surface area (TPSA) is 55.9 Å². The molecule has 0 spiro atoms. The van der Waals surface area contributed by atoms with Gasteiger partial charge in [0.15, 0.2) is 0 Å². The second-order valence-electron chi connectivity index (χ2n) is 7.90. The van der Waals surface area contributed by atoms with Crippen molar-refractivity contribution in [2.24, 2.45) is 5.73 Å². The molecule has 0 bridgehead atoms. The zero-order chi connectivity index (χ0) is 23.0. The number of benzene rings is 3. The van der Waals surface area contributed by atoms with E-state index < -0.39 is 11.7 Å². The molecule has 0 aliphatic heterocycles. The van der Waals surface area contributed by atoms with Crippen LogP contribution in [0.2, 0.25) is 0 Å². The number of aryl methyl sites for hydroxylation is 2. The highest BCUT2D eigenvalue weighted by molar-refractivity contribution is 5.83. The molecule has 0 aliphatic rings. The molecule has 32 heavy (non-hydrogen) atoms. The molecule has 1 heterocycles. The van der Waals surface area contributed by atoms with Gasteiger partial charge in [-0.05, 0) is 55.3 Å². The van der Waals surface area contributed by atoms with E-state index in [0.717, 1.165) is 16.8 Å². The Labute approximate surface area is 184 Å². The Morgan fingerprint density at radius 1 is 1.00 bits per heavy atom. The number of hydrogen-bond donors (Lipinski definition) is 2. The summed E-state index contributed by atoms with van der Waals surface area (Å²) in [6, 6.07) is 17.5. The fourth-order valence-corrected chi connectivity index (χ4v) is 3.61. The van der Waals surface area contributed by atoms with Gasteiger partial charge in [0, 0.05) is 11.4 Å². The Morgan fingerprint density at radius 2 is 1.69 bits per heavy atom. The van der Waals surface area contributed by atoms with Crippen molar-refractivity contribution in [1.29, 1.82) is 0 Å². The largest absolute Gasteiger partial charge is 0.416 e. The minimum atomic E-state index is -4.45. The quantitative estimate of drug-likeness (QED) is 0.381. The van der Waals surface area contributed by atoms with Crippen molar-refractivity contribution in [2.75, 3.05) is 5.32 Å². The summed E-state index contributed by atoms with van der Waals surface area (Å²) >= 11 is 0. The molecule has 7 heteroatoms. The Balaban J connectivity index is 1.85. The zero-order valence-corrected chi connectivity index (χ0v) is 17.8. The van der Waals surface area contributed by atoms with Crippen LogP contribution in [0.4, 0.5) is 24.8 Å². The third kappa shape index (κ3) is 4.32. The molecule has 0 aliphatic carbocycles. The first-order chi connectivity index (χ1) is 15.1. The summed E-state index contributed by atoms with van der Waals surface area (Å²) in [6.45, 7) is 7.39. The third-order valence-corrected chi connectivity index (χ3v) is 5.33. The average Bonchev–Trinajstić information content (AvgIpc) is 3.06. The predicted octanol–water partition coefficient (Wildman–Crippen LogP) is 6.39. The van der Waals surface area contributed by atoms with E-state index in [9.17, 15) is 13.2 Å².